The Morgan fingerprint density at radius 2 is 2.05 bits per heavy atom. The van der Waals surface area contributed by atoms with E-state index in [1.54, 1.807) is 41.7 Å². The third-order valence-corrected chi connectivity index (χ3v) is 2.39. The van der Waals surface area contributed by atoms with Crippen molar-refractivity contribution >= 4 is 10.8 Å². The van der Waals surface area contributed by atoms with Gasteiger partial charge in [-0.05, 0) is 11.5 Å². The lowest BCUT2D eigenvalue weighted by molar-refractivity contribution is 0.105. The van der Waals surface area contributed by atoms with E-state index in [0.717, 1.165) is 5.39 Å². The van der Waals surface area contributed by atoms with Crippen LogP contribution in [0, 0.1) is 0 Å². The van der Waals surface area contributed by atoms with Gasteiger partial charge in [-0.15, -0.1) is 0 Å². The van der Waals surface area contributed by atoms with E-state index in [1.165, 1.54) is 6.07 Å². The number of benzene rings is 2. The Bertz CT molecular complexity index is 830. The van der Waals surface area contributed by atoms with Crippen molar-refractivity contribution in [1.82, 2.24) is 5.32 Å². The van der Waals surface area contributed by atoms with E-state index in [0.29, 0.717) is 5.39 Å². The number of fused-ring (bicyclic) bond motifs is 1. The molecule has 102 valence electrons. The monoisotopic (exact) mass is 269 g/mol. The molecular formula is C16H21NO2. The highest BCUT2D eigenvalue weighted by atomic mass is 16.5. The zero-order chi connectivity index (χ0) is 22.3. The average Bonchev–Trinajstić information content (AvgIpc) is 2.57. The minimum Gasteiger partial charge on any atom is -0.490 e. The van der Waals surface area contributed by atoms with Crippen LogP contribution in [0.1, 0.15) is 27.4 Å². The van der Waals surface area contributed by atoms with E-state index in [9.17, 15) is 5.11 Å². The first-order chi connectivity index (χ1) is 13.1. The number of hydrogen-bond donors (Lipinski definition) is 2. The van der Waals surface area contributed by atoms with Gasteiger partial charge < -0.3 is 15.2 Å². The molecule has 2 rings (SSSR count). The molecule has 3 heteroatoms. The quantitative estimate of drug-likeness (QED) is 0.847. The van der Waals surface area contributed by atoms with Crippen LogP contribution in [-0.2, 0) is 0 Å². The van der Waals surface area contributed by atoms with Crippen LogP contribution < -0.4 is 10.1 Å². The molecule has 3 nitrogen and oxygen atoms in total. The third-order valence-electron chi connectivity index (χ3n) is 2.39. The zero-order valence-electron chi connectivity index (χ0n) is 20.1. The Morgan fingerprint density at radius 3 is 2.89 bits per heavy atom. The Hall–Kier alpha value is -1.58. The molecule has 1 unspecified atom stereocenters. The normalized spacial score (nSPS) is 23.5. The lowest BCUT2D eigenvalue weighted by atomic mass is 10.1. The second kappa shape index (κ2) is 6.55. The second-order valence-electron chi connectivity index (χ2n) is 3.82. The summed E-state index contributed by atoms with van der Waals surface area (Å²) in [5.74, 6) is 0.0335. The highest BCUT2D eigenvalue weighted by molar-refractivity contribution is 5.88. The van der Waals surface area contributed by atoms with Gasteiger partial charge in [0.05, 0.1) is 2.74 Å². The number of ether oxygens (including phenoxy) is 1. The number of aliphatic hydroxyl groups is 1. The van der Waals surface area contributed by atoms with Gasteiger partial charge in [0.2, 0.25) is 0 Å². The molecule has 2 N–H and O–H groups in total. The van der Waals surface area contributed by atoms with Gasteiger partial charge in [0.1, 0.15) is 18.4 Å². The maximum Gasteiger partial charge on any atom is 0.127 e. The molecule has 0 fully saturated rings. The minimum atomic E-state index is -3.14. The van der Waals surface area contributed by atoms with Gasteiger partial charge in [0.15, 0.2) is 0 Å². The maximum absolute atomic E-state index is 10.3. The van der Waals surface area contributed by atoms with E-state index in [2.05, 4.69) is 0 Å². The third kappa shape index (κ3) is 3.94. The molecule has 2 aromatic rings. The highest BCUT2D eigenvalue weighted by Gasteiger charge is 2.07. The maximum atomic E-state index is 10.3. The number of hydrogen-bond acceptors (Lipinski definition) is 3. The fourth-order valence-corrected chi connectivity index (χ4v) is 1.60. The molecule has 1 atom stereocenters. The first-order valence-electron chi connectivity index (χ1n) is 10.7. The van der Waals surface area contributed by atoms with Gasteiger partial charge in [-0.25, -0.2) is 0 Å². The summed E-state index contributed by atoms with van der Waals surface area (Å²) in [6, 6.07) is 9.32. The van der Waals surface area contributed by atoms with Crippen molar-refractivity contribution in [2.45, 2.75) is 25.8 Å². The molecule has 0 radical (unpaired) electrons. The van der Waals surface area contributed by atoms with Crippen LogP contribution in [-0.4, -0.2) is 30.3 Å². The Morgan fingerprint density at radius 1 is 1.26 bits per heavy atom. The first kappa shape index (κ1) is 5.81. The molecular weight excluding hydrogens is 238 g/mol. The van der Waals surface area contributed by atoms with Crippen LogP contribution in [0.25, 0.3) is 10.8 Å². The van der Waals surface area contributed by atoms with E-state index < -0.39 is 38.9 Å². The largest absolute Gasteiger partial charge is 0.490 e. The van der Waals surface area contributed by atoms with Crippen molar-refractivity contribution in [2.75, 3.05) is 13.1 Å². The highest BCUT2D eigenvalue weighted by Crippen LogP contribution is 2.25. The van der Waals surface area contributed by atoms with E-state index in [1.807, 2.05) is 0 Å². The van der Waals surface area contributed by atoms with Gasteiger partial charge in [-0.3, -0.25) is 0 Å². The average molecular weight is 269 g/mol. The van der Waals surface area contributed by atoms with Crippen LogP contribution in [0.3, 0.4) is 0 Å². The fourth-order valence-electron chi connectivity index (χ4n) is 1.60. The summed E-state index contributed by atoms with van der Waals surface area (Å²) in [5, 5.41) is 13.3. The molecule has 19 heavy (non-hydrogen) atoms. The Balaban J connectivity index is 2.31. The van der Waals surface area contributed by atoms with E-state index >= 15 is 0 Å². The first-order valence-corrected chi connectivity index (χ1v) is 5.68. The van der Waals surface area contributed by atoms with Gasteiger partial charge >= 0.3 is 0 Å². The SMILES string of the molecule is [2H]C([2H])([2H])C(NC([2H])([2H])C(O)C([2H])([2H])Oc1cccc2ccccc12)C([2H])([2H])[2H]. The summed E-state index contributed by atoms with van der Waals surface area (Å²) in [7, 11) is 0. The standard InChI is InChI=1S/C16H21NO2/c1-12(2)17-10-14(18)11-19-16-9-5-7-13-6-3-4-8-15(13)16/h3-9,12,14,17-18H,10-11H2,1-2H3/i1D3,2D3,10D2,11D2. The lowest BCUT2D eigenvalue weighted by Gasteiger charge is -2.15. The van der Waals surface area contributed by atoms with Crippen molar-refractivity contribution in [3.05, 3.63) is 42.5 Å². The van der Waals surface area contributed by atoms with Crippen LogP contribution >= 0.6 is 0 Å². The second-order valence-corrected chi connectivity index (χ2v) is 3.82. The van der Waals surface area contributed by atoms with E-state index in [-0.39, 0.29) is 5.75 Å². The summed E-state index contributed by atoms with van der Waals surface area (Å²) in [6.07, 6.45) is -2.55. The summed E-state index contributed by atoms with van der Waals surface area (Å²) in [4.78, 5) is 0. The van der Waals surface area contributed by atoms with Crippen LogP contribution in [0.2, 0.25) is 0 Å². The van der Waals surface area contributed by atoms with Crippen molar-refractivity contribution in [1.29, 1.82) is 0 Å². The lowest BCUT2D eigenvalue weighted by Crippen LogP contribution is -2.35. The smallest absolute Gasteiger partial charge is 0.127 e. The van der Waals surface area contributed by atoms with Crippen LogP contribution in [0.5, 0.6) is 5.75 Å². The van der Waals surface area contributed by atoms with Crippen molar-refractivity contribution < 1.29 is 23.6 Å². The van der Waals surface area contributed by atoms with Gasteiger partial charge in [-0.1, -0.05) is 50.1 Å². The summed E-state index contributed by atoms with van der Waals surface area (Å²) in [5.41, 5.74) is 0. The van der Waals surface area contributed by atoms with Gasteiger partial charge in [0, 0.05) is 28.9 Å². The van der Waals surface area contributed by atoms with Crippen molar-refractivity contribution in [3.8, 4) is 5.75 Å². The predicted molar refractivity (Wildman–Crippen MR) is 78.6 cm³/mol. The van der Waals surface area contributed by atoms with Crippen molar-refractivity contribution in [3.63, 3.8) is 0 Å². The van der Waals surface area contributed by atoms with Gasteiger partial charge in [0.25, 0.3) is 0 Å². The molecule has 0 spiro atoms. The molecule has 0 bridgehead atoms. The molecule has 0 aliphatic carbocycles. The van der Waals surface area contributed by atoms with Crippen LogP contribution in [0.15, 0.2) is 42.5 Å². The molecule has 0 saturated carbocycles. The molecule has 0 heterocycles. The number of rotatable bonds is 6. The van der Waals surface area contributed by atoms with Crippen LogP contribution in [0.4, 0.5) is 0 Å². The van der Waals surface area contributed by atoms with E-state index in [4.69, 9.17) is 18.4 Å². The summed E-state index contributed by atoms with van der Waals surface area (Å²) >= 11 is 0. The topological polar surface area (TPSA) is 41.5 Å². The Kier molecular flexibility index (Phi) is 2.00. The molecule has 0 aromatic heterocycles. The summed E-state index contributed by atoms with van der Waals surface area (Å²) < 4.78 is 81.0. The van der Waals surface area contributed by atoms with Gasteiger partial charge in [-0.2, -0.15) is 0 Å². The molecule has 0 aliphatic heterocycles. The molecule has 0 amide bonds. The molecule has 0 saturated heterocycles. The van der Waals surface area contributed by atoms with Crippen molar-refractivity contribution in [2.24, 2.45) is 0 Å². The zero-order valence-corrected chi connectivity index (χ0v) is 10.1. The molecule has 2 aromatic carbocycles. The summed E-state index contributed by atoms with van der Waals surface area (Å²) in [6.45, 7) is -12.4. The minimum absolute atomic E-state index is 0.0335. The predicted octanol–water partition coefficient (Wildman–Crippen LogP) is 2.58. The Labute approximate surface area is 128 Å². The number of nitrogens with one attached hydrogen (secondary N) is 1. The number of aliphatic hydroxyl groups excluding tert-OH is 1. The molecule has 0 aliphatic rings. The fraction of sp³-hybridized carbons (Fsp3) is 0.375.